The van der Waals surface area contributed by atoms with Crippen molar-refractivity contribution in [2.75, 3.05) is 5.32 Å². The summed E-state index contributed by atoms with van der Waals surface area (Å²) in [5, 5.41) is 5.47. The maximum Gasteiger partial charge on any atom is 0.0813 e. The van der Waals surface area contributed by atoms with Gasteiger partial charge in [-0.25, -0.2) is 0 Å². The van der Waals surface area contributed by atoms with Gasteiger partial charge in [-0.15, -0.1) is 0 Å². The quantitative estimate of drug-likeness (QED) is 0.545. The maximum atomic E-state index is 6.44. The second kappa shape index (κ2) is 5.76. The zero-order chi connectivity index (χ0) is 15.0. The minimum Gasteiger partial charge on any atom is -0.354 e. The van der Waals surface area contributed by atoms with Gasteiger partial charge >= 0.3 is 0 Å². The van der Waals surface area contributed by atoms with Crippen LogP contribution < -0.4 is 5.32 Å². The van der Waals surface area contributed by atoms with E-state index in [9.17, 15) is 0 Å². The van der Waals surface area contributed by atoms with Gasteiger partial charge in [-0.1, -0.05) is 51.8 Å². The van der Waals surface area contributed by atoms with Crippen molar-refractivity contribution in [1.82, 2.24) is 4.98 Å². The number of hydrogen-bond donors (Lipinski definition) is 2. The Bertz CT molecular complexity index is 839. The zero-order valence-electron chi connectivity index (χ0n) is 10.9. The summed E-state index contributed by atoms with van der Waals surface area (Å²) < 4.78 is 0.982. The van der Waals surface area contributed by atoms with E-state index in [-0.39, 0.29) is 0 Å². The van der Waals surface area contributed by atoms with Crippen molar-refractivity contribution in [2.45, 2.75) is 0 Å². The smallest absolute Gasteiger partial charge is 0.0813 e. The Hall–Kier alpha value is -1.42. The number of benzene rings is 2. The summed E-state index contributed by atoms with van der Waals surface area (Å²) in [5.74, 6) is 0. The van der Waals surface area contributed by atoms with E-state index in [1.165, 1.54) is 0 Å². The van der Waals surface area contributed by atoms with Crippen LogP contribution in [-0.2, 0) is 0 Å². The largest absolute Gasteiger partial charge is 0.354 e. The summed E-state index contributed by atoms with van der Waals surface area (Å²) in [4.78, 5) is 3.28. The molecule has 0 fully saturated rings. The highest BCUT2D eigenvalue weighted by molar-refractivity contribution is 9.10. The molecule has 106 valence electrons. The first-order valence-corrected chi connectivity index (χ1v) is 7.78. The Morgan fingerprint density at radius 1 is 1.14 bits per heavy atom. The number of anilines is 1. The summed E-state index contributed by atoms with van der Waals surface area (Å²) in [6.45, 7) is 4.05. The van der Waals surface area contributed by atoms with Crippen LogP contribution >= 0.6 is 39.1 Å². The molecular weight excluding hydrogens is 371 g/mol. The van der Waals surface area contributed by atoms with Gasteiger partial charge < -0.3 is 10.3 Å². The molecule has 1 aromatic heterocycles. The van der Waals surface area contributed by atoms with E-state index in [1.54, 1.807) is 0 Å². The van der Waals surface area contributed by atoms with Gasteiger partial charge in [-0.05, 0) is 36.4 Å². The first kappa shape index (κ1) is 14.5. The molecule has 0 unspecified atom stereocenters. The maximum absolute atomic E-state index is 6.44. The molecule has 2 nitrogen and oxygen atoms in total. The highest BCUT2D eigenvalue weighted by Gasteiger charge is 2.12. The van der Waals surface area contributed by atoms with E-state index in [1.807, 2.05) is 42.5 Å². The molecule has 0 aliphatic carbocycles. The summed E-state index contributed by atoms with van der Waals surface area (Å²) in [6.07, 6.45) is 0. The van der Waals surface area contributed by atoms with Crippen molar-refractivity contribution >= 4 is 61.4 Å². The van der Waals surface area contributed by atoms with E-state index >= 15 is 0 Å². The Morgan fingerprint density at radius 3 is 2.71 bits per heavy atom. The number of H-pyrrole nitrogens is 1. The van der Waals surface area contributed by atoms with Crippen LogP contribution in [0.5, 0.6) is 0 Å². The van der Waals surface area contributed by atoms with Crippen LogP contribution in [0.25, 0.3) is 16.6 Å². The fourth-order valence-corrected chi connectivity index (χ4v) is 3.01. The van der Waals surface area contributed by atoms with E-state index in [4.69, 9.17) is 23.2 Å². The number of aromatic nitrogens is 1. The van der Waals surface area contributed by atoms with Crippen LogP contribution in [0, 0.1) is 0 Å². The van der Waals surface area contributed by atoms with Crippen molar-refractivity contribution < 1.29 is 0 Å². The minimum atomic E-state index is 0.644. The molecule has 3 rings (SSSR count). The van der Waals surface area contributed by atoms with Gasteiger partial charge in [-0.2, -0.15) is 0 Å². The first-order chi connectivity index (χ1) is 10.0. The number of fused-ring (bicyclic) bond motifs is 1. The van der Waals surface area contributed by atoms with Crippen molar-refractivity contribution in [3.05, 3.63) is 69.3 Å². The van der Waals surface area contributed by atoms with Gasteiger partial charge in [-0.3, -0.25) is 0 Å². The lowest BCUT2D eigenvalue weighted by molar-refractivity contribution is 1.38. The Morgan fingerprint density at radius 2 is 1.95 bits per heavy atom. The van der Waals surface area contributed by atoms with Gasteiger partial charge in [0.1, 0.15) is 0 Å². The van der Waals surface area contributed by atoms with E-state index in [0.29, 0.717) is 15.7 Å². The summed E-state index contributed by atoms with van der Waals surface area (Å²) >= 11 is 15.9. The van der Waals surface area contributed by atoms with E-state index in [2.05, 4.69) is 32.8 Å². The van der Waals surface area contributed by atoms with Crippen molar-refractivity contribution in [3.8, 4) is 0 Å². The van der Waals surface area contributed by atoms with Gasteiger partial charge in [0, 0.05) is 26.1 Å². The summed E-state index contributed by atoms with van der Waals surface area (Å²) in [5.41, 5.74) is 3.29. The minimum absolute atomic E-state index is 0.644. The third-order valence-electron chi connectivity index (χ3n) is 3.12. The molecule has 21 heavy (non-hydrogen) atoms. The first-order valence-electron chi connectivity index (χ1n) is 6.23. The van der Waals surface area contributed by atoms with Gasteiger partial charge in [0.15, 0.2) is 0 Å². The monoisotopic (exact) mass is 380 g/mol. The molecule has 2 aromatic carbocycles. The molecule has 0 aliphatic rings. The van der Waals surface area contributed by atoms with Gasteiger partial charge in [0.2, 0.25) is 0 Å². The lowest BCUT2D eigenvalue weighted by atomic mass is 10.2. The van der Waals surface area contributed by atoms with Crippen LogP contribution in [0.2, 0.25) is 10.0 Å². The molecule has 5 heteroatoms. The molecule has 0 saturated carbocycles. The lowest BCUT2D eigenvalue weighted by Gasteiger charge is -2.09. The van der Waals surface area contributed by atoms with Crippen LogP contribution in [-0.4, -0.2) is 4.98 Å². The zero-order valence-corrected chi connectivity index (χ0v) is 14.0. The number of halogens is 3. The molecule has 0 bridgehead atoms. The van der Waals surface area contributed by atoms with Crippen LogP contribution in [0.4, 0.5) is 5.69 Å². The lowest BCUT2D eigenvalue weighted by Crippen LogP contribution is -1.98. The molecule has 0 spiro atoms. The average Bonchev–Trinajstić information content (AvgIpc) is 2.76. The molecule has 0 amide bonds. The van der Waals surface area contributed by atoms with Crippen LogP contribution in [0.15, 0.2) is 53.5 Å². The Labute approximate surface area is 140 Å². The van der Waals surface area contributed by atoms with E-state index in [0.717, 1.165) is 26.8 Å². The number of hydrogen-bond acceptors (Lipinski definition) is 1. The summed E-state index contributed by atoms with van der Waals surface area (Å²) in [7, 11) is 0. The molecule has 0 radical (unpaired) electrons. The molecule has 2 N–H and O–H groups in total. The standard InChI is InChI=1S/C16H11BrCl2N2/c1-9(20-12-4-2-3-11(18)8-12)16-15(19)13-7-10(17)5-6-14(13)21-16/h2-8,20-21H,1H2. The Balaban J connectivity index is 1.96. The van der Waals surface area contributed by atoms with Crippen molar-refractivity contribution in [3.63, 3.8) is 0 Å². The summed E-state index contributed by atoms with van der Waals surface area (Å²) in [6, 6.07) is 13.4. The molecule has 0 atom stereocenters. The predicted octanol–water partition coefficient (Wildman–Crippen LogP) is 6.32. The van der Waals surface area contributed by atoms with Gasteiger partial charge in [0.05, 0.1) is 16.4 Å². The van der Waals surface area contributed by atoms with Crippen LogP contribution in [0.1, 0.15) is 5.69 Å². The van der Waals surface area contributed by atoms with Gasteiger partial charge in [0.25, 0.3) is 0 Å². The van der Waals surface area contributed by atoms with E-state index < -0.39 is 0 Å². The number of rotatable bonds is 3. The second-order valence-electron chi connectivity index (χ2n) is 4.62. The third kappa shape index (κ3) is 2.95. The topological polar surface area (TPSA) is 27.8 Å². The van der Waals surface area contributed by atoms with Crippen LogP contribution in [0.3, 0.4) is 0 Å². The van der Waals surface area contributed by atoms with Crippen molar-refractivity contribution in [2.24, 2.45) is 0 Å². The SMILES string of the molecule is C=C(Nc1cccc(Cl)c1)c1[nH]c2ccc(Br)cc2c1Cl. The molecule has 3 aromatic rings. The number of aromatic amines is 1. The van der Waals surface area contributed by atoms with Crippen molar-refractivity contribution in [1.29, 1.82) is 0 Å². The second-order valence-corrected chi connectivity index (χ2v) is 6.35. The highest BCUT2D eigenvalue weighted by Crippen LogP contribution is 2.33. The number of nitrogens with one attached hydrogen (secondary N) is 2. The highest BCUT2D eigenvalue weighted by atomic mass is 79.9. The Kier molecular flexibility index (Phi) is 3.98. The molecular formula is C16H11BrCl2N2. The fraction of sp³-hybridized carbons (Fsp3) is 0. The normalized spacial score (nSPS) is 10.8. The fourth-order valence-electron chi connectivity index (χ4n) is 2.14. The predicted molar refractivity (Wildman–Crippen MR) is 95.1 cm³/mol. The molecule has 0 saturated heterocycles. The molecule has 0 aliphatic heterocycles. The average molecular weight is 382 g/mol. The third-order valence-corrected chi connectivity index (χ3v) is 4.24. The molecule has 1 heterocycles.